The van der Waals surface area contributed by atoms with Crippen LogP contribution >= 0.6 is 12.4 Å². The van der Waals surface area contributed by atoms with Crippen molar-refractivity contribution in [2.24, 2.45) is 5.92 Å². The Bertz CT molecular complexity index is 1010. The van der Waals surface area contributed by atoms with Crippen LogP contribution < -0.4 is 0 Å². The minimum absolute atomic E-state index is 0. The van der Waals surface area contributed by atoms with Gasteiger partial charge in [0.05, 0.1) is 24.3 Å². The summed E-state index contributed by atoms with van der Waals surface area (Å²) in [7, 11) is -3.65. The second kappa shape index (κ2) is 11.2. The molecule has 2 amide bonds. The number of hydrogen-bond acceptors (Lipinski definition) is 5. The number of benzene rings is 1. The van der Waals surface area contributed by atoms with Crippen molar-refractivity contribution in [2.45, 2.75) is 64.1 Å². The molecule has 7 nitrogen and oxygen atoms in total. The van der Waals surface area contributed by atoms with Crippen LogP contribution in [0.25, 0.3) is 6.08 Å². The van der Waals surface area contributed by atoms with Crippen LogP contribution in [0.2, 0.25) is 0 Å². The van der Waals surface area contributed by atoms with Crippen molar-refractivity contribution in [2.75, 3.05) is 25.9 Å². The minimum atomic E-state index is -3.65. The zero-order chi connectivity index (χ0) is 23.6. The maximum atomic E-state index is 13.1. The van der Waals surface area contributed by atoms with Crippen molar-refractivity contribution in [3.05, 3.63) is 41.5 Å². The fraction of sp³-hybridized carbons (Fsp3) is 0.600. The van der Waals surface area contributed by atoms with E-state index >= 15 is 0 Å². The largest absolute Gasteiger partial charge is 0.333 e. The summed E-state index contributed by atoms with van der Waals surface area (Å²) in [4.78, 5) is 30.1. The number of hydrogen-bond donors (Lipinski definition) is 0. The molecule has 34 heavy (non-hydrogen) atoms. The van der Waals surface area contributed by atoms with Gasteiger partial charge in [-0.3, -0.25) is 14.5 Å². The molecular weight excluding hydrogens is 474 g/mol. The highest BCUT2D eigenvalue weighted by Crippen LogP contribution is 2.40. The molecule has 0 N–H and O–H groups in total. The Balaban J connectivity index is 0.00000324. The number of carbonyl (C=O) groups excluding carboxylic acids is 2. The first-order valence-electron chi connectivity index (χ1n) is 12.1. The summed E-state index contributed by atoms with van der Waals surface area (Å²) in [6, 6.07) is 7.45. The fourth-order valence-corrected chi connectivity index (χ4v) is 6.84. The van der Waals surface area contributed by atoms with Crippen LogP contribution in [-0.4, -0.2) is 72.3 Å². The lowest BCUT2D eigenvalue weighted by Crippen LogP contribution is -2.42. The Morgan fingerprint density at radius 3 is 2.38 bits per heavy atom. The predicted molar refractivity (Wildman–Crippen MR) is 136 cm³/mol. The van der Waals surface area contributed by atoms with E-state index < -0.39 is 22.0 Å². The highest BCUT2D eigenvalue weighted by molar-refractivity contribution is 7.88. The quantitative estimate of drug-likeness (QED) is 0.527. The van der Waals surface area contributed by atoms with Gasteiger partial charge in [0.15, 0.2) is 0 Å². The maximum absolute atomic E-state index is 13.1. The number of nitrogens with zero attached hydrogens (tertiary/aromatic N) is 3. The van der Waals surface area contributed by atoms with E-state index in [1.54, 1.807) is 17.1 Å². The Kier molecular flexibility index (Phi) is 8.82. The van der Waals surface area contributed by atoms with Gasteiger partial charge in [0.25, 0.3) is 0 Å². The molecule has 0 bridgehead atoms. The number of sulfonamides is 1. The third kappa shape index (κ3) is 5.66. The maximum Gasteiger partial charge on any atom is 0.246 e. The standard InChI is InChI=1S/C25H35N3O4S.ClH/c1-3-7-21-24-22(28(25(21)30)33(2,31)32)14-17-27(24)23(29)13-12-19-8-10-20(11-9-19)18-26-15-5-4-6-16-26;/h8-13,21-22,24H,3-7,14-18H2,1-2H3;1H/b13-12+;/t21-,22+,24-;/m1./s1. The first kappa shape index (κ1) is 26.7. The molecule has 3 atom stereocenters. The van der Waals surface area contributed by atoms with Gasteiger partial charge < -0.3 is 4.90 Å². The van der Waals surface area contributed by atoms with Gasteiger partial charge in [-0.25, -0.2) is 12.7 Å². The summed E-state index contributed by atoms with van der Waals surface area (Å²) < 4.78 is 25.6. The minimum Gasteiger partial charge on any atom is -0.333 e. The number of halogens is 1. The summed E-state index contributed by atoms with van der Waals surface area (Å²) in [6.45, 7) is 5.72. The van der Waals surface area contributed by atoms with Crippen LogP contribution in [-0.2, 0) is 26.2 Å². The van der Waals surface area contributed by atoms with Gasteiger partial charge in [0, 0.05) is 19.2 Å². The number of fused-ring (bicyclic) bond motifs is 1. The lowest BCUT2D eigenvalue weighted by molar-refractivity contribution is -0.130. The average molecular weight is 510 g/mol. The number of rotatable bonds is 7. The van der Waals surface area contributed by atoms with Gasteiger partial charge in [-0.15, -0.1) is 12.4 Å². The third-order valence-corrected chi connectivity index (χ3v) is 8.33. The van der Waals surface area contributed by atoms with Crippen molar-refractivity contribution in [1.82, 2.24) is 14.1 Å². The summed E-state index contributed by atoms with van der Waals surface area (Å²) in [5.74, 6) is -0.979. The van der Waals surface area contributed by atoms with E-state index in [9.17, 15) is 18.0 Å². The Morgan fingerprint density at radius 2 is 1.76 bits per heavy atom. The second-order valence-electron chi connectivity index (χ2n) is 9.58. The molecule has 3 heterocycles. The fourth-order valence-electron chi connectivity index (χ4n) is 5.66. The van der Waals surface area contributed by atoms with E-state index in [1.807, 2.05) is 19.1 Å². The van der Waals surface area contributed by atoms with Crippen LogP contribution in [0, 0.1) is 5.92 Å². The van der Waals surface area contributed by atoms with Crippen LogP contribution in [0.4, 0.5) is 0 Å². The van der Waals surface area contributed by atoms with Crippen molar-refractivity contribution >= 4 is 40.3 Å². The summed E-state index contributed by atoms with van der Waals surface area (Å²) in [6.07, 6.45) is 10.1. The lowest BCUT2D eigenvalue weighted by atomic mass is 9.94. The van der Waals surface area contributed by atoms with Gasteiger partial charge >= 0.3 is 0 Å². The van der Waals surface area contributed by atoms with Crippen LogP contribution in [0.3, 0.4) is 0 Å². The van der Waals surface area contributed by atoms with Crippen molar-refractivity contribution in [1.29, 1.82) is 0 Å². The van der Waals surface area contributed by atoms with Crippen LogP contribution in [0.15, 0.2) is 30.3 Å². The summed E-state index contributed by atoms with van der Waals surface area (Å²) in [5, 5.41) is 0. The summed E-state index contributed by atoms with van der Waals surface area (Å²) in [5.41, 5.74) is 2.22. The normalized spacial score (nSPS) is 25.6. The van der Waals surface area contributed by atoms with E-state index in [0.717, 1.165) is 42.2 Å². The van der Waals surface area contributed by atoms with Gasteiger partial charge in [0.1, 0.15) is 0 Å². The van der Waals surface area contributed by atoms with Gasteiger partial charge in [-0.2, -0.15) is 0 Å². The van der Waals surface area contributed by atoms with Crippen molar-refractivity contribution < 1.29 is 18.0 Å². The molecule has 188 valence electrons. The molecule has 3 aliphatic heterocycles. The molecule has 1 aromatic carbocycles. The first-order valence-corrected chi connectivity index (χ1v) is 14.0. The molecule has 0 spiro atoms. The molecule has 3 aliphatic rings. The van der Waals surface area contributed by atoms with Gasteiger partial charge in [0.2, 0.25) is 21.8 Å². The third-order valence-electron chi connectivity index (χ3n) is 7.16. The van der Waals surface area contributed by atoms with Gasteiger partial charge in [-0.05, 0) is 56.0 Å². The molecule has 0 radical (unpaired) electrons. The molecule has 1 aromatic rings. The molecule has 0 aromatic heterocycles. The smallest absolute Gasteiger partial charge is 0.246 e. The second-order valence-corrected chi connectivity index (χ2v) is 11.4. The molecule has 0 saturated carbocycles. The molecule has 0 aliphatic carbocycles. The Hall–Kier alpha value is -1.90. The molecule has 3 saturated heterocycles. The monoisotopic (exact) mass is 509 g/mol. The molecule has 4 rings (SSSR count). The SMILES string of the molecule is CCC[C@H]1C(=O)N(S(C)(=O)=O)[C@H]2CCN(C(=O)/C=C/c3ccc(CN4CCCCC4)cc3)[C@H]12.Cl. The highest BCUT2D eigenvalue weighted by Gasteiger charge is 2.56. The highest BCUT2D eigenvalue weighted by atomic mass is 35.5. The number of likely N-dealkylation sites (tertiary alicyclic amines) is 2. The van der Waals surface area contributed by atoms with Gasteiger partial charge in [-0.1, -0.05) is 44.0 Å². The Labute approximate surface area is 209 Å². The van der Waals surface area contributed by atoms with E-state index in [2.05, 4.69) is 17.0 Å². The average Bonchev–Trinajstić information content (AvgIpc) is 3.32. The van der Waals surface area contributed by atoms with E-state index in [-0.39, 0.29) is 30.3 Å². The van der Waals surface area contributed by atoms with E-state index in [4.69, 9.17) is 0 Å². The topological polar surface area (TPSA) is 78.0 Å². The van der Waals surface area contributed by atoms with E-state index in [1.165, 1.54) is 24.8 Å². The van der Waals surface area contributed by atoms with Crippen LogP contribution in [0.5, 0.6) is 0 Å². The zero-order valence-electron chi connectivity index (χ0n) is 20.1. The van der Waals surface area contributed by atoms with E-state index in [0.29, 0.717) is 19.4 Å². The number of piperidine rings is 1. The van der Waals surface area contributed by atoms with Crippen LogP contribution in [0.1, 0.15) is 56.6 Å². The molecular formula is C25H36ClN3O4S. The molecule has 0 unspecified atom stereocenters. The zero-order valence-corrected chi connectivity index (χ0v) is 21.7. The molecule has 3 fully saturated rings. The van der Waals surface area contributed by atoms with Crippen molar-refractivity contribution in [3.63, 3.8) is 0 Å². The number of carbonyl (C=O) groups is 2. The molecule has 9 heteroatoms. The predicted octanol–water partition coefficient (Wildman–Crippen LogP) is 3.30. The number of amides is 2. The first-order chi connectivity index (χ1) is 15.8. The Morgan fingerprint density at radius 1 is 1.09 bits per heavy atom. The van der Waals surface area contributed by atoms with Crippen molar-refractivity contribution in [3.8, 4) is 0 Å². The summed E-state index contributed by atoms with van der Waals surface area (Å²) >= 11 is 0. The lowest BCUT2D eigenvalue weighted by Gasteiger charge is -2.26.